The number of amides is 1. The Bertz CT molecular complexity index is 414. The quantitative estimate of drug-likeness (QED) is 0.867. The lowest BCUT2D eigenvalue weighted by Crippen LogP contribution is -2.26. The second kappa shape index (κ2) is 6.35. The fourth-order valence-corrected chi connectivity index (χ4v) is 2.22. The summed E-state index contributed by atoms with van der Waals surface area (Å²) in [5.74, 6) is -0.304. The normalized spacial score (nSPS) is 12.3. The molecule has 0 heterocycles. The third-order valence-corrected chi connectivity index (χ3v) is 3.24. The van der Waals surface area contributed by atoms with Gasteiger partial charge in [-0.1, -0.05) is 33.6 Å². The first-order valence-corrected chi connectivity index (χ1v) is 6.06. The zero-order valence-corrected chi connectivity index (χ0v) is 11.8. The van der Waals surface area contributed by atoms with Crippen molar-refractivity contribution >= 4 is 33.4 Å². The van der Waals surface area contributed by atoms with Crippen molar-refractivity contribution in [1.29, 1.82) is 0 Å². The molecular formula is C11H13BrClNO3. The van der Waals surface area contributed by atoms with Gasteiger partial charge in [0.2, 0.25) is 5.91 Å². The molecule has 1 aromatic rings. The largest absolute Gasteiger partial charge is 0.388 e. The van der Waals surface area contributed by atoms with Gasteiger partial charge < -0.3 is 5.11 Å². The number of halogens is 2. The molecule has 0 aliphatic rings. The van der Waals surface area contributed by atoms with E-state index in [2.05, 4.69) is 15.9 Å². The fourth-order valence-electron chi connectivity index (χ4n) is 1.28. The van der Waals surface area contributed by atoms with Gasteiger partial charge in [-0.25, -0.2) is 5.06 Å². The van der Waals surface area contributed by atoms with E-state index in [1.165, 1.54) is 14.2 Å². The molecule has 0 aliphatic heterocycles. The van der Waals surface area contributed by atoms with Gasteiger partial charge in [0, 0.05) is 16.5 Å². The topological polar surface area (TPSA) is 49.8 Å². The Morgan fingerprint density at radius 3 is 2.82 bits per heavy atom. The number of rotatable bonds is 4. The Balaban J connectivity index is 2.76. The highest BCUT2D eigenvalue weighted by Crippen LogP contribution is 2.28. The number of hydrogen-bond acceptors (Lipinski definition) is 3. The Labute approximate surface area is 113 Å². The fraction of sp³-hybridized carbons (Fsp3) is 0.364. The van der Waals surface area contributed by atoms with Crippen molar-refractivity contribution in [2.75, 3.05) is 14.2 Å². The molecule has 0 bridgehead atoms. The van der Waals surface area contributed by atoms with Crippen molar-refractivity contribution < 1.29 is 14.7 Å². The van der Waals surface area contributed by atoms with Crippen molar-refractivity contribution in [2.24, 2.45) is 0 Å². The molecular weight excluding hydrogens is 309 g/mol. The average molecular weight is 323 g/mol. The lowest BCUT2D eigenvalue weighted by molar-refractivity contribution is -0.170. The summed E-state index contributed by atoms with van der Waals surface area (Å²) in [6, 6.07) is 5.01. The molecule has 1 atom stereocenters. The standard InChI is InChI=1S/C11H13BrClNO3/c1-14(17-2)11(16)6-10(15)8-4-3-7(13)5-9(8)12/h3-5,10,15H,6H2,1-2H3. The third kappa shape index (κ3) is 3.96. The number of carbonyl (C=O) groups excluding carboxylic acids is 1. The van der Waals surface area contributed by atoms with E-state index in [1.54, 1.807) is 18.2 Å². The van der Waals surface area contributed by atoms with Crippen LogP contribution in [0.15, 0.2) is 22.7 Å². The second-order valence-corrected chi connectivity index (χ2v) is 4.75. The molecule has 17 heavy (non-hydrogen) atoms. The van der Waals surface area contributed by atoms with Crippen LogP contribution in [0.2, 0.25) is 5.02 Å². The van der Waals surface area contributed by atoms with E-state index >= 15 is 0 Å². The van der Waals surface area contributed by atoms with Gasteiger partial charge in [-0.2, -0.15) is 0 Å². The maximum absolute atomic E-state index is 11.5. The predicted molar refractivity (Wildman–Crippen MR) is 68.5 cm³/mol. The van der Waals surface area contributed by atoms with Gasteiger partial charge in [-0.05, 0) is 17.7 Å². The van der Waals surface area contributed by atoms with Crippen LogP contribution in [0.1, 0.15) is 18.1 Å². The molecule has 4 nitrogen and oxygen atoms in total. The Hall–Kier alpha value is -0.620. The SMILES string of the molecule is CON(C)C(=O)CC(O)c1ccc(Cl)cc1Br. The summed E-state index contributed by atoms with van der Waals surface area (Å²) >= 11 is 9.08. The summed E-state index contributed by atoms with van der Waals surface area (Å²) in [6.07, 6.45) is -0.948. The number of carbonyl (C=O) groups is 1. The van der Waals surface area contributed by atoms with Crippen LogP contribution in [0.5, 0.6) is 0 Å². The van der Waals surface area contributed by atoms with Gasteiger partial charge in [-0.15, -0.1) is 0 Å². The summed E-state index contributed by atoms with van der Waals surface area (Å²) in [6.45, 7) is 0. The van der Waals surface area contributed by atoms with Crippen LogP contribution >= 0.6 is 27.5 Å². The molecule has 94 valence electrons. The van der Waals surface area contributed by atoms with Crippen LogP contribution in [-0.2, 0) is 9.63 Å². The molecule has 0 fully saturated rings. The summed E-state index contributed by atoms with van der Waals surface area (Å²) in [4.78, 5) is 16.3. The van der Waals surface area contributed by atoms with Gasteiger partial charge in [0.05, 0.1) is 19.6 Å². The molecule has 1 rings (SSSR count). The van der Waals surface area contributed by atoms with E-state index in [4.69, 9.17) is 16.4 Å². The number of nitrogens with zero attached hydrogens (tertiary/aromatic N) is 1. The summed E-state index contributed by atoms with van der Waals surface area (Å²) < 4.78 is 0.672. The zero-order chi connectivity index (χ0) is 13.0. The Morgan fingerprint density at radius 1 is 1.65 bits per heavy atom. The van der Waals surface area contributed by atoms with Crippen LogP contribution in [0.25, 0.3) is 0 Å². The van der Waals surface area contributed by atoms with E-state index in [-0.39, 0.29) is 12.3 Å². The van der Waals surface area contributed by atoms with Crippen molar-refractivity contribution in [2.45, 2.75) is 12.5 Å². The van der Waals surface area contributed by atoms with Crippen LogP contribution in [0.4, 0.5) is 0 Å². The predicted octanol–water partition coefficient (Wildman–Crippen LogP) is 2.55. The lowest BCUT2D eigenvalue weighted by atomic mass is 10.1. The summed E-state index contributed by atoms with van der Waals surface area (Å²) in [5.41, 5.74) is 0.618. The molecule has 0 aliphatic carbocycles. The monoisotopic (exact) mass is 321 g/mol. The highest BCUT2D eigenvalue weighted by Gasteiger charge is 2.18. The van der Waals surface area contributed by atoms with Gasteiger partial charge in [0.1, 0.15) is 0 Å². The minimum absolute atomic E-state index is 0.0510. The maximum Gasteiger partial charge on any atom is 0.248 e. The molecule has 1 N–H and O–H groups in total. The first kappa shape index (κ1) is 14.4. The number of hydrogen-bond donors (Lipinski definition) is 1. The average Bonchev–Trinajstić information content (AvgIpc) is 2.27. The van der Waals surface area contributed by atoms with E-state index in [9.17, 15) is 9.90 Å². The molecule has 1 unspecified atom stereocenters. The molecule has 0 saturated heterocycles. The minimum Gasteiger partial charge on any atom is -0.388 e. The molecule has 0 saturated carbocycles. The molecule has 1 amide bonds. The van der Waals surface area contributed by atoms with Crippen LogP contribution < -0.4 is 0 Å². The molecule has 1 aromatic carbocycles. The Morgan fingerprint density at radius 2 is 2.29 bits per heavy atom. The summed E-state index contributed by atoms with van der Waals surface area (Å²) in [7, 11) is 2.88. The van der Waals surface area contributed by atoms with Gasteiger partial charge in [0.15, 0.2) is 0 Å². The van der Waals surface area contributed by atoms with E-state index in [0.29, 0.717) is 15.1 Å². The van der Waals surface area contributed by atoms with Crippen molar-refractivity contribution in [3.63, 3.8) is 0 Å². The molecule has 0 spiro atoms. The second-order valence-electron chi connectivity index (χ2n) is 3.46. The van der Waals surface area contributed by atoms with Gasteiger partial charge >= 0.3 is 0 Å². The van der Waals surface area contributed by atoms with Crippen molar-refractivity contribution in [3.8, 4) is 0 Å². The van der Waals surface area contributed by atoms with E-state index in [1.807, 2.05) is 0 Å². The molecule has 6 heteroatoms. The minimum atomic E-state index is -0.897. The smallest absolute Gasteiger partial charge is 0.248 e. The van der Waals surface area contributed by atoms with Gasteiger partial charge in [0.25, 0.3) is 0 Å². The number of aliphatic hydroxyl groups excluding tert-OH is 1. The lowest BCUT2D eigenvalue weighted by Gasteiger charge is -2.17. The van der Waals surface area contributed by atoms with Crippen LogP contribution in [0.3, 0.4) is 0 Å². The first-order chi connectivity index (χ1) is 7.95. The Kier molecular flexibility index (Phi) is 5.39. The highest BCUT2D eigenvalue weighted by atomic mass is 79.9. The number of benzene rings is 1. The number of hydroxylamine groups is 2. The van der Waals surface area contributed by atoms with Crippen molar-refractivity contribution in [3.05, 3.63) is 33.3 Å². The maximum atomic E-state index is 11.5. The number of aliphatic hydroxyl groups is 1. The third-order valence-electron chi connectivity index (χ3n) is 2.31. The van der Waals surface area contributed by atoms with Crippen LogP contribution in [-0.4, -0.2) is 30.2 Å². The van der Waals surface area contributed by atoms with Crippen molar-refractivity contribution in [1.82, 2.24) is 5.06 Å². The highest BCUT2D eigenvalue weighted by molar-refractivity contribution is 9.10. The first-order valence-electron chi connectivity index (χ1n) is 4.89. The van der Waals surface area contributed by atoms with E-state index in [0.717, 1.165) is 5.06 Å². The summed E-state index contributed by atoms with van der Waals surface area (Å²) in [5, 5.41) is 11.6. The molecule has 0 radical (unpaired) electrons. The zero-order valence-electron chi connectivity index (χ0n) is 9.48. The van der Waals surface area contributed by atoms with Crippen LogP contribution in [0, 0.1) is 0 Å². The van der Waals surface area contributed by atoms with E-state index < -0.39 is 6.10 Å². The molecule has 0 aromatic heterocycles. The van der Waals surface area contributed by atoms with Gasteiger partial charge in [-0.3, -0.25) is 9.63 Å².